The first-order valence-electron chi connectivity index (χ1n) is 5.96. The van der Waals surface area contributed by atoms with Crippen molar-refractivity contribution in [3.05, 3.63) is 24.4 Å². The van der Waals surface area contributed by atoms with Crippen LogP contribution in [0.4, 0.5) is 0 Å². The van der Waals surface area contributed by atoms with Crippen LogP contribution >= 0.6 is 0 Å². The van der Waals surface area contributed by atoms with Gasteiger partial charge >= 0.3 is 0 Å². The van der Waals surface area contributed by atoms with Crippen molar-refractivity contribution < 1.29 is 9.59 Å². The molecule has 1 aliphatic rings. The van der Waals surface area contributed by atoms with Gasteiger partial charge in [-0.3, -0.25) is 9.59 Å². The molecule has 1 N–H and O–H groups in total. The highest BCUT2D eigenvalue weighted by Crippen LogP contribution is 2.11. The monoisotopic (exact) mass is 236 g/mol. The van der Waals surface area contributed by atoms with Gasteiger partial charge in [-0.25, -0.2) is 0 Å². The Morgan fingerprint density at radius 3 is 2.71 bits per heavy atom. The van der Waals surface area contributed by atoms with Gasteiger partial charge in [0.1, 0.15) is 0 Å². The molecule has 0 atom stereocenters. The number of rotatable bonds is 6. The predicted octanol–water partition coefficient (Wildman–Crippen LogP) is 1.45. The Morgan fingerprint density at radius 1 is 1.47 bits per heavy atom. The highest BCUT2D eigenvalue weighted by atomic mass is 16.2. The van der Waals surface area contributed by atoms with E-state index in [2.05, 4.69) is 25.7 Å². The summed E-state index contributed by atoms with van der Waals surface area (Å²) < 4.78 is 0. The number of carbonyl (C=O) groups is 2. The van der Waals surface area contributed by atoms with Gasteiger partial charge in [0.25, 0.3) is 5.91 Å². The molecule has 0 bridgehead atoms. The Kier molecular flexibility index (Phi) is 4.94. The van der Waals surface area contributed by atoms with E-state index >= 15 is 0 Å². The standard InChI is InChI=1S/C13H20N2O2/c1-10(2)4-6-12(16)14-8-9-15-11(3)5-7-13(15)17/h5,7,10H,3-4,6,8-9H2,1-2H3,(H,14,16). The summed E-state index contributed by atoms with van der Waals surface area (Å²) in [5.74, 6) is 0.514. The van der Waals surface area contributed by atoms with E-state index in [9.17, 15) is 9.59 Å². The maximum Gasteiger partial charge on any atom is 0.251 e. The third kappa shape index (κ3) is 4.43. The fourth-order valence-electron chi connectivity index (χ4n) is 1.56. The van der Waals surface area contributed by atoms with E-state index in [0.29, 0.717) is 31.1 Å². The average Bonchev–Trinajstić information content (AvgIpc) is 2.57. The largest absolute Gasteiger partial charge is 0.354 e. The van der Waals surface area contributed by atoms with Gasteiger partial charge in [0.15, 0.2) is 0 Å². The molecule has 0 aromatic carbocycles. The van der Waals surface area contributed by atoms with Gasteiger partial charge in [0, 0.05) is 31.3 Å². The van der Waals surface area contributed by atoms with Gasteiger partial charge in [-0.15, -0.1) is 0 Å². The van der Waals surface area contributed by atoms with Gasteiger partial charge in [-0.2, -0.15) is 0 Å². The molecule has 2 amide bonds. The molecule has 1 aliphatic heterocycles. The Balaban J connectivity index is 2.18. The second kappa shape index (κ2) is 6.23. The van der Waals surface area contributed by atoms with Crippen LogP contribution in [0.15, 0.2) is 24.4 Å². The van der Waals surface area contributed by atoms with Crippen LogP contribution in [-0.2, 0) is 9.59 Å². The molecule has 0 saturated carbocycles. The van der Waals surface area contributed by atoms with Crippen molar-refractivity contribution in [3.63, 3.8) is 0 Å². The van der Waals surface area contributed by atoms with Gasteiger partial charge in [0.2, 0.25) is 5.91 Å². The third-order valence-corrected chi connectivity index (χ3v) is 2.64. The zero-order valence-corrected chi connectivity index (χ0v) is 10.5. The molecule has 0 aromatic rings. The fraction of sp³-hybridized carbons (Fsp3) is 0.538. The molecule has 0 fully saturated rings. The van der Waals surface area contributed by atoms with Crippen molar-refractivity contribution in [2.24, 2.45) is 5.92 Å². The summed E-state index contributed by atoms with van der Waals surface area (Å²) in [6.07, 6.45) is 4.61. The van der Waals surface area contributed by atoms with Crippen molar-refractivity contribution in [2.75, 3.05) is 13.1 Å². The SMILES string of the molecule is C=C1C=CC(=O)N1CCNC(=O)CCC(C)C. The van der Waals surface area contributed by atoms with E-state index in [1.807, 2.05) is 0 Å². The molecular weight excluding hydrogens is 216 g/mol. The summed E-state index contributed by atoms with van der Waals surface area (Å²) in [6, 6.07) is 0. The van der Waals surface area contributed by atoms with E-state index in [4.69, 9.17) is 0 Å². The number of amides is 2. The highest BCUT2D eigenvalue weighted by molar-refractivity contribution is 5.93. The minimum atomic E-state index is -0.0635. The Bertz CT molecular complexity index is 327. The van der Waals surface area contributed by atoms with Gasteiger partial charge in [-0.05, 0) is 18.4 Å². The number of nitrogens with zero attached hydrogens (tertiary/aromatic N) is 1. The van der Waals surface area contributed by atoms with Crippen LogP contribution in [0.2, 0.25) is 0 Å². The minimum absolute atomic E-state index is 0.0453. The van der Waals surface area contributed by atoms with Crippen molar-refractivity contribution in [2.45, 2.75) is 26.7 Å². The first-order valence-corrected chi connectivity index (χ1v) is 5.96. The van der Waals surface area contributed by atoms with Crippen LogP contribution in [0.3, 0.4) is 0 Å². The molecule has 17 heavy (non-hydrogen) atoms. The van der Waals surface area contributed by atoms with Crippen molar-refractivity contribution in [1.82, 2.24) is 10.2 Å². The van der Waals surface area contributed by atoms with Crippen molar-refractivity contribution >= 4 is 11.8 Å². The maximum absolute atomic E-state index is 11.4. The van der Waals surface area contributed by atoms with Crippen LogP contribution in [0.5, 0.6) is 0 Å². The minimum Gasteiger partial charge on any atom is -0.354 e. The normalized spacial score (nSPS) is 14.9. The second-order valence-corrected chi connectivity index (χ2v) is 4.60. The summed E-state index contributed by atoms with van der Waals surface area (Å²) in [5, 5.41) is 2.80. The Morgan fingerprint density at radius 2 is 2.18 bits per heavy atom. The highest BCUT2D eigenvalue weighted by Gasteiger charge is 2.17. The summed E-state index contributed by atoms with van der Waals surface area (Å²) in [5.41, 5.74) is 0.687. The van der Waals surface area contributed by atoms with Gasteiger partial charge < -0.3 is 10.2 Å². The number of hydrogen-bond acceptors (Lipinski definition) is 2. The van der Waals surface area contributed by atoms with Crippen molar-refractivity contribution in [3.8, 4) is 0 Å². The molecule has 94 valence electrons. The summed E-state index contributed by atoms with van der Waals surface area (Å²) in [6.45, 7) is 8.89. The molecule has 0 unspecified atom stereocenters. The lowest BCUT2D eigenvalue weighted by Crippen LogP contribution is -2.35. The number of nitrogens with one attached hydrogen (secondary N) is 1. The van der Waals surface area contributed by atoms with Crippen LogP contribution in [0.25, 0.3) is 0 Å². The first-order chi connectivity index (χ1) is 8.00. The van der Waals surface area contributed by atoms with E-state index in [-0.39, 0.29) is 11.8 Å². The van der Waals surface area contributed by atoms with E-state index < -0.39 is 0 Å². The molecule has 0 saturated heterocycles. The smallest absolute Gasteiger partial charge is 0.251 e. The lowest BCUT2D eigenvalue weighted by molar-refractivity contribution is -0.124. The molecule has 0 aliphatic carbocycles. The summed E-state index contributed by atoms with van der Waals surface area (Å²) >= 11 is 0. The van der Waals surface area contributed by atoms with E-state index in [1.54, 1.807) is 11.0 Å². The number of allylic oxidation sites excluding steroid dienone is 1. The Labute approximate surface area is 102 Å². The lowest BCUT2D eigenvalue weighted by Gasteiger charge is -2.17. The molecule has 4 nitrogen and oxygen atoms in total. The third-order valence-electron chi connectivity index (χ3n) is 2.64. The molecule has 0 spiro atoms. The quantitative estimate of drug-likeness (QED) is 0.759. The number of hydrogen-bond donors (Lipinski definition) is 1. The van der Waals surface area contributed by atoms with Crippen LogP contribution < -0.4 is 5.32 Å². The van der Waals surface area contributed by atoms with Crippen LogP contribution in [-0.4, -0.2) is 29.8 Å². The molecule has 0 aromatic heterocycles. The molecular formula is C13H20N2O2. The molecule has 0 radical (unpaired) electrons. The second-order valence-electron chi connectivity index (χ2n) is 4.60. The van der Waals surface area contributed by atoms with Crippen LogP contribution in [0, 0.1) is 5.92 Å². The molecule has 4 heteroatoms. The van der Waals surface area contributed by atoms with Crippen LogP contribution in [0.1, 0.15) is 26.7 Å². The lowest BCUT2D eigenvalue weighted by atomic mass is 10.1. The first kappa shape index (κ1) is 13.5. The Hall–Kier alpha value is -1.58. The van der Waals surface area contributed by atoms with E-state index in [0.717, 1.165) is 6.42 Å². The van der Waals surface area contributed by atoms with E-state index in [1.165, 1.54) is 6.08 Å². The summed E-state index contributed by atoms with van der Waals surface area (Å²) in [7, 11) is 0. The zero-order valence-electron chi connectivity index (χ0n) is 10.5. The van der Waals surface area contributed by atoms with Gasteiger partial charge in [-0.1, -0.05) is 20.4 Å². The average molecular weight is 236 g/mol. The zero-order chi connectivity index (χ0) is 12.8. The predicted molar refractivity (Wildman–Crippen MR) is 67.1 cm³/mol. The number of carbonyl (C=O) groups excluding carboxylic acids is 2. The fourth-order valence-corrected chi connectivity index (χ4v) is 1.56. The summed E-state index contributed by atoms with van der Waals surface area (Å²) in [4.78, 5) is 24.3. The van der Waals surface area contributed by atoms with Gasteiger partial charge in [0.05, 0.1) is 0 Å². The molecule has 1 rings (SSSR count). The topological polar surface area (TPSA) is 49.4 Å². The van der Waals surface area contributed by atoms with Crippen molar-refractivity contribution in [1.29, 1.82) is 0 Å². The molecule has 1 heterocycles. The maximum atomic E-state index is 11.4.